The predicted molar refractivity (Wildman–Crippen MR) is 126 cm³/mol. The third-order valence-electron chi connectivity index (χ3n) is 6.78. The lowest BCUT2D eigenvalue weighted by molar-refractivity contribution is -0.137. The predicted octanol–water partition coefficient (Wildman–Crippen LogP) is 5.71. The zero-order valence-electron chi connectivity index (χ0n) is 19.4. The molecular formula is C26H32F3NO3S. The van der Waals surface area contributed by atoms with Gasteiger partial charge in [-0.2, -0.15) is 13.2 Å². The monoisotopic (exact) mass is 495 g/mol. The number of benzene rings is 2. The summed E-state index contributed by atoms with van der Waals surface area (Å²) >= 11 is 0. The Balaban J connectivity index is 1.43. The highest BCUT2D eigenvalue weighted by Gasteiger charge is 2.34. The summed E-state index contributed by atoms with van der Waals surface area (Å²) in [7, 11) is -3.26. The molecule has 0 spiro atoms. The molecule has 2 aromatic carbocycles. The van der Waals surface area contributed by atoms with Crippen molar-refractivity contribution < 1.29 is 26.3 Å². The summed E-state index contributed by atoms with van der Waals surface area (Å²) in [6.45, 7) is 2.56. The molecule has 8 heteroatoms. The lowest BCUT2D eigenvalue weighted by Crippen LogP contribution is -2.30. The fourth-order valence-corrected chi connectivity index (χ4v) is 6.44. The van der Waals surface area contributed by atoms with E-state index in [2.05, 4.69) is 11.6 Å². The van der Waals surface area contributed by atoms with Crippen molar-refractivity contribution in [3.8, 4) is 5.75 Å². The molecule has 0 saturated heterocycles. The fraction of sp³-hybridized carbons (Fsp3) is 0.538. The number of alkyl halides is 3. The summed E-state index contributed by atoms with van der Waals surface area (Å²) < 4.78 is 72.0. The lowest BCUT2D eigenvalue weighted by atomic mass is 9.84. The van der Waals surface area contributed by atoms with Crippen molar-refractivity contribution in [1.29, 1.82) is 0 Å². The van der Waals surface area contributed by atoms with Crippen LogP contribution in [0.2, 0.25) is 0 Å². The van der Waals surface area contributed by atoms with Gasteiger partial charge in [-0.15, -0.1) is 0 Å². The molecule has 0 aromatic heterocycles. The van der Waals surface area contributed by atoms with E-state index in [0.717, 1.165) is 43.7 Å². The highest BCUT2D eigenvalue weighted by atomic mass is 32.2. The molecule has 34 heavy (non-hydrogen) atoms. The number of sulfonamides is 1. The molecule has 0 heterocycles. The van der Waals surface area contributed by atoms with Crippen molar-refractivity contribution in [1.82, 2.24) is 4.72 Å². The largest absolute Gasteiger partial charge is 0.492 e. The molecule has 0 bridgehead atoms. The van der Waals surface area contributed by atoms with Crippen molar-refractivity contribution in [2.45, 2.75) is 57.5 Å². The van der Waals surface area contributed by atoms with Gasteiger partial charge in [-0.25, -0.2) is 13.1 Å². The Morgan fingerprint density at radius 3 is 2.62 bits per heavy atom. The van der Waals surface area contributed by atoms with Crippen molar-refractivity contribution in [2.24, 2.45) is 11.8 Å². The topological polar surface area (TPSA) is 55.4 Å². The van der Waals surface area contributed by atoms with Crippen molar-refractivity contribution in [3.05, 3.63) is 64.7 Å². The number of ether oxygens (including phenoxy) is 1. The van der Waals surface area contributed by atoms with Gasteiger partial charge in [0.15, 0.2) is 0 Å². The first-order valence-electron chi connectivity index (χ1n) is 12.0. The minimum absolute atomic E-state index is 0.124. The highest BCUT2D eigenvalue weighted by Crippen LogP contribution is 2.44. The van der Waals surface area contributed by atoms with E-state index in [-0.39, 0.29) is 24.8 Å². The van der Waals surface area contributed by atoms with Gasteiger partial charge >= 0.3 is 6.18 Å². The summed E-state index contributed by atoms with van der Waals surface area (Å²) in [5.74, 6) is 1.63. The summed E-state index contributed by atoms with van der Waals surface area (Å²) in [5, 5.41) is 0. The van der Waals surface area contributed by atoms with Gasteiger partial charge in [0.05, 0.1) is 11.3 Å². The number of nitrogens with one attached hydrogen (secondary N) is 1. The number of halogens is 3. The van der Waals surface area contributed by atoms with Gasteiger partial charge in [0.25, 0.3) is 0 Å². The molecule has 186 valence electrons. The molecular weight excluding hydrogens is 463 g/mol. The lowest BCUT2D eigenvalue weighted by Gasteiger charge is -2.21. The van der Waals surface area contributed by atoms with E-state index in [1.807, 2.05) is 18.2 Å². The molecule has 4 rings (SSSR count). The SMILES string of the molecule is CCCC1Cc2ccc(OCCNS(=O)(=O)CC3CC3)cc2C1Cc1cccc(C(F)(F)F)c1. The van der Waals surface area contributed by atoms with Crippen molar-refractivity contribution >= 4 is 10.0 Å². The van der Waals surface area contributed by atoms with E-state index in [4.69, 9.17) is 4.74 Å². The van der Waals surface area contributed by atoms with Gasteiger partial charge in [-0.1, -0.05) is 37.6 Å². The molecule has 2 aliphatic carbocycles. The van der Waals surface area contributed by atoms with Crippen LogP contribution in [0, 0.1) is 11.8 Å². The molecule has 1 saturated carbocycles. The Bertz CT molecular complexity index is 1100. The van der Waals surface area contributed by atoms with Crippen molar-refractivity contribution in [3.63, 3.8) is 0 Å². The highest BCUT2D eigenvalue weighted by molar-refractivity contribution is 7.89. The molecule has 0 radical (unpaired) electrons. The van der Waals surface area contributed by atoms with E-state index in [1.165, 1.54) is 17.7 Å². The van der Waals surface area contributed by atoms with Crippen LogP contribution >= 0.6 is 0 Å². The number of rotatable bonds is 11. The summed E-state index contributed by atoms with van der Waals surface area (Å²) in [6, 6.07) is 11.5. The third-order valence-corrected chi connectivity index (χ3v) is 8.34. The number of hydrogen-bond donors (Lipinski definition) is 1. The van der Waals surface area contributed by atoms with Crippen LogP contribution < -0.4 is 9.46 Å². The normalized spacial score (nSPS) is 20.4. The molecule has 1 fully saturated rings. The Hall–Kier alpha value is -2.06. The van der Waals surface area contributed by atoms with Crippen LogP contribution in [0.5, 0.6) is 5.75 Å². The van der Waals surface area contributed by atoms with Gasteiger partial charge in [-0.05, 0) is 84.7 Å². The van der Waals surface area contributed by atoms with Gasteiger partial charge in [0.1, 0.15) is 12.4 Å². The van der Waals surface area contributed by atoms with E-state index < -0.39 is 21.8 Å². The molecule has 4 nitrogen and oxygen atoms in total. The fourth-order valence-electron chi connectivity index (χ4n) is 4.97. The Morgan fingerprint density at radius 2 is 1.91 bits per heavy atom. The van der Waals surface area contributed by atoms with E-state index in [1.54, 1.807) is 6.07 Å². The summed E-state index contributed by atoms with van der Waals surface area (Å²) in [5.41, 5.74) is 2.41. The minimum atomic E-state index is -4.35. The standard InChI is InChI=1S/C26H32F3NO3S/c1-2-4-20-15-21-9-10-23(33-12-11-30-34(31,32)17-18-7-8-18)16-25(21)24(20)14-19-5-3-6-22(13-19)26(27,28)29/h3,5-6,9-10,13,16,18,20,24,30H,2,4,7-8,11-12,14-15,17H2,1H3. The first-order valence-corrected chi connectivity index (χ1v) is 13.7. The summed E-state index contributed by atoms with van der Waals surface area (Å²) in [6.07, 6.45) is 1.09. The molecule has 2 aliphatic rings. The van der Waals surface area contributed by atoms with Crippen LogP contribution in [-0.2, 0) is 29.0 Å². The maximum atomic E-state index is 13.2. The average molecular weight is 496 g/mol. The molecule has 1 N–H and O–H groups in total. The second-order valence-corrected chi connectivity index (χ2v) is 11.4. The molecule has 0 aliphatic heterocycles. The van der Waals surface area contributed by atoms with Crippen LogP contribution in [0.15, 0.2) is 42.5 Å². The Kier molecular flexibility index (Phi) is 7.57. The van der Waals surface area contributed by atoms with Crippen molar-refractivity contribution in [2.75, 3.05) is 18.9 Å². The third kappa shape index (κ3) is 6.54. The van der Waals surface area contributed by atoms with Crippen LogP contribution in [0.3, 0.4) is 0 Å². The minimum Gasteiger partial charge on any atom is -0.492 e. The first-order chi connectivity index (χ1) is 16.1. The maximum Gasteiger partial charge on any atom is 0.416 e. The van der Waals surface area contributed by atoms with E-state index in [9.17, 15) is 21.6 Å². The summed E-state index contributed by atoms with van der Waals surface area (Å²) in [4.78, 5) is 0. The van der Waals surface area contributed by atoms with Gasteiger partial charge in [0, 0.05) is 6.54 Å². The van der Waals surface area contributed by atoms with Crippen LogP contribution in [0.4, 0.5) is 13.2 Å². The van der Waals surface area contributed by atoms with Gasteiger partial charge in [0.2, 0.25) is 10.0 Å². The number of hydrogen-bond acceptors (Lipinski definition) is 3. The molecule has 2 aromatic rings. The number of fused-ring (bicyclic) bond motifs is 1. The van der Waals surface area contributed by atoms with E-state index >= 15 is 0 Å². The van der Waals surface area contributed by atoms with Crippen LogP contribution in [0.1, 0.15) is 60.8 Å². The maximum absolute atomic E-state index is 13.2. The molecule has 2 atom stereocenters. The van der Waals surface area contributed by atoms with Crippen LogP contribution in [-0.4, -0.2) is 27.3 Å². The second-order valence-electron chi connectivity index (χ2n) is 9.59. The zero-order chi connectivity index (χ0) is 24.3. The Morgan fingerprint density at radius 1 is 1.12 bits per heavy atom. The first kappa shape index (κ1) is 25.0. The molecule has 2 unspecified atom stereocenters. The smallest absolute Gasteiger partial charge is 0.416 e. The van der Waals surface area contributed by atoms with Crippen LogP contribution in [0.25, 0.3) is 0 Å². The average Bonchev–Trinajstić information content (AvgIpc) is 3.52. The molecule has 0 amide bonds. The quantitative estimate of drug-likeness (QED) is 0.406. The second kappa shape index (κ2) is 10.3. The van der Waals surface area contributed by atoms with Gasteiger partial charge in [-0.3, -0.25) is 0 Å². The zero-order valence-corrected chi connectivity index (χ0v) is 20.2. The Labute approximate surface area is 200 Å². The van der Waals surface area contributed by atoms with Gasteiger partial charge < -0.3 is 4.74 Å². The van der Waals surface area contributed by atoms with E-state index in [0.29, 0.717) is 29.6 Å².